The molecule has 2 aromatic heterocycles. The van der Waals surface area contributed by atoms with E-state index in [1.807, 2.05) is 0 Å². The average molecular weight is 925 g/mol. The fraction of sp³-hybridized carbons (Fsp3) is 0.357. The maximum Gasteiger partial charge on any atom is 0.0541 e. The van der Waals surface area contributed by atoms with Gasteiger partial charge in [-0.3, -0.25) is 0 Å². The molecule has 0 bridgehead atoms. The summed E-state index contributed by atoms with van der Waals surface area (Å²) in [5.74, 6) is 0. The van der Waals surface area contributed by atoms with E-state index in [9.17, 15) is 0 Å². The van der Waals surface area contributed by atoms with Gasteiger partial charge in [-0.25, -0.2) is 0 Å². The van der Waals surface area contributed by atoms with Gasteiger partial charge in [-0.2, -0.15) is 0 Å². The molecule has 0 aliphatic carbocycles. The van der Waals surface area contributed by atoms with Crippen LogP contribution in [-0.4, -0.2) is 9.13 Å². The molecule has 0 spiro atoms. The summed E-state index contributed by atoms with van der Waals surface area (Å²) in [6.45, 7) is 36.1. The van der Waals surface area contributed by atoms with Gasteiger partial charge in [0.2, 0.25) is 0 Å². The number of aromatic nitrogens is 2. The van der Waals surface area contributed by atoms with Gasteiger partial charge in [0.15, 0.2) is 0 Å². The predicted octanol–water partition coefficient (Wildman–Crippen LogP) is 17.5. The van der Waals surface area contributed by atoms with E-state index < -0.39 is 0 Å². The minimum Gasteiger partial charge on any atom is -0.309 e. The van der Waals surface area contributed by atoms with Crippen molar-refractivity contribution in [3.05, 3.63) is 151 Å². The van der Waals surface area contributed by atoms with Gasteiger partial charge in [0.1, 0.15) is 0 Å². The summed E-state index contributed by atoms with van der Waals surface area (Å²) in [5.41, 5.74) is 18.5. The Hall–Kier alpha value is -4.12. The molecule has 8 rings (SSSR count). The highest BCUT2D eigenvalue weighted by atomic mass is 79.9. The summed E-state index contributed by atoms with van der Waals surface area (Å²) in [7, 11) is 0. The van der Waals surface area contributed by atoms with Crippen molar-refractivity contribution >= 4 is 75.5 Å². The van der Waals surface area contributed by atoms with Crippen molar-refractivity contribution in [3.63, 3.8) is 0 Å². The van der Waals surface area contributed by atoms with Crippen molar-refractivity contribution in [2.45, 2.75) is 132 Å². The fourth-order valence-electron chi connectivity index (χ4n) is 8.57. The molecule has 0 amide bonds. The first kappa shape index (κ1) is 44.0. The van der Waals surface area contributed by atoms with Crippen molar-refractivity contribution in [1.82, 2.24) is 9.13 Å². The van der Waals surface area contributed by atoms with Crippen molar-refractivity contribution in [1.29, 1.82) is 0 Å². The number of nitrogens with zero attached hydrogens (tertiary/aromatic N) is 2. The Kier molecular flexibility index (Phi) is 11.2. The Bertz CT molecular complexity index is 2570. The number of hydrogen-bond acceptors (Lipinski definition) is 0. The summed E-state index contributed by atoms with van der Waals surface area (Å²) >= 11 is 7.46. The molecule has 0 radical (unpaired) electrons. The first-order valence-electron chi connectivity index (χ1n) is 21.5. The summed E-state index contributed by atoms with van der Waals surface area (Å²) in [5, 5.41) is 5.34. The van der Waals surface area contributed by atoms with Crippen LogP contribution >= 0.6 is 31.9 Å². The number of hydrogen-bond donors (Lipinski definition) is 0. The topological polar surface area (TPSA) is 9.86 Å². The van der Waals surface area contributed by atoms with Crippen molar-refractivity contribution in [2.24, 2.45) is 0 Å². The molecule has 2 nitrogen and oxygen atoms in total. The van der Waals surface area contributed by atoms with E-state index in [1.165, 1.54) is 108 Å². The lowest BCUT2D eigenvalue weighted by Gasteiger charge is -2.19. The second-order valence-corrected chi connectivity index (χ2v) is 23.0. The molecule has 4 heteroatoms. The maximum absolute atomic E-state index is 3.73. The van der Waals surface area contributed by atoms with Crippen LogP contribution in [-0.2, 0) is 21.7 Å². The largest absolute Gasteiger partial charge is 0.309 e. The van der Waals surface area contributed by atoms with Crippen molar-refractivity contribution in [2.75, 3.05) is 0 Å². The molecule has 0 fully saturated rings. The lowest BCUT2D eigenvalue weighted by atomic mass is 9.85. The van der Waals surface area contributed by atoms with E-state index in [4.69, 9.17) is 0 Å². The van der Waals surface area contributed by atoms with Crippen molar-refractivity contribution in [3.8, 4) is 11.4 Å². The average Bonchev–Trinajstić information content (AvgIpc) is 3.66. The van der Waals surface area contributed by atoms with Crippen LogP contribution in [0.1, 0.15) is 128 Å². The number of aryl methyl sites for hydroxylation is 4. The number of benzene rings is 6. The second-order valence-electron chi connectivity index (χ2n) is 21.4. The molecular formula is C56H64Br2N2. The van der Waals surface area contributed by atoms with Gasteiger partial charge in [0, 0.05) is 41.9 Å². The lowest BCUT2D eigenvalue weighted by molar-refractivity contribution is 0.590. The molecule has 6 aromatic carbocycles. The van der Waals surface area contributed by atoms with Crippen LogP contribution in [0.15, 0.2) is 106 Å². The SMILES string of the molecule is Cc1cc(-n2c3ccc(C(C)(C)C)cc3c3cc(C(C)(C)C)ccc32)cc(C)c1Br.Cc1cc(-n2c3ccc(C(C)(C)C)cc3c3cc(C(C)(C)C)ccc32)cc(C)c1Br. The number of rotatable bonds is 2. The van der Waals surface area contributed by atoms with Crippen LogP contribution in [0.5, 0.6) is 0 Å². The van der Waals surface area contributed by atoms with E-state index in [2.05, 4.69) is 249 Å². The normalized spacial score (nSPS) is 12.8. The minimum atomic E-state index is 0.120. The minimum absolute atomic E-state index is 0.120. The third-order valence-corrected chi connectivity index (χ3v) is 14.9. The first-order valence-corrected chi connectivity index (χ1v) is 23.1. The van der Waals surface area contributed by atoms with E-state index in [-0.39, 0.29) is 21.7 Å². The summed E-state index contributed by atoms with van der Waals surface area (Å²) in [4.78, 5) is 0. The molecule has 0 aliphatic rings. The van der Waals surface area contributed by atoms with Crippen LogP contribution in [0.4, 0.5) is 0 Å². The quantitative estimate of drug-likeness (QED) is 0.163. The van der Waals surface area contributed by atoms with Gasteiger partial charge in [0.25, 0.3) is 0 Å². The Morgan fingerprint density at radius 1 is 0.317 bits per heavy atom. The Morgan fingerprint density at radius 3 is 0.700 bits per heavy atom. The zero-order valence-electron chi connectivity index (χ0n) is 38.9. The molecular weight excluding hydrogens is 860 g/mol. The molecule has 312 valence electrons. The van der Waals surface area contributed by atoms with Crippen molar-refractivity contribution < 1.29 is 0 Å². The monoisotopic (exact) mass is 922 g/mol. The number of fused-ring (bicyclic) bond motifs is 6. The molecule has 0 aliphatic heterocycles. The zero-order valence-corrected chi connectivity index (χ0v) is 42.1. The van der Waals surface area contributed by atoms with Crippen LogP contribution in [0.3, 0.4) is 0 Å². The van der Waals surface area contributed by atoms with Crippen LogP contribution in [0, 0.1) is 27.7 Å². The van der Waals surface area contributed by atoms with Crippen LogP contribution in [0.2, 0.25) is 0 Å². The van der Waals surface area contributed by atoms with E-state index >= 15 is 0 Å². The molecule has 8 aromatic rings. The summed E-state index contributed by atoms with van der Waals surface area (Å²) in [6.07, 6.45) is 0. The Balaban J connectivity index is 0.000000181. The lowest BCUT2D eigenvalue weighted by Crippen LogP contribution is -2.10. The highest BCUT2D eigenvalue weighted by Crippen LogP contribution is 2.40. The molecule has 0 saturated carbocycles. The van der Waals surface area contributed by atoms with Gasteiger partial charge in [-0.05, 0) is 167 Å². The first-order chi connectivity index (χ1) is 27.8. The molecule has 0 saturated heterocycles. The van der Waals surface area contributed by atoms with Gasteiger partial charge in [0.05, 0.1) is 22.1 Å². The van der Waals surface area contributed by atoms with Gasteiger partial charge < -0.3 is 9.13 Å². The van der Waals surface area contributed by atoms with E-state index in [1.54, 1.807) is 0 Å². The van der Waals surface area contributed by atoms with Crippen LogP contribution < -0.4 is 0 Å². The molecule has 0 unspecified atom stereocenters. The second kappa shape index (κ2) is 15.3. The highest BCUT2D eigenvalue weighted by molar-refractivity contribution is 9.10. The molecule has 60 heavy (non-hydrogen) atoms. The van der Waals surface area contributed by atoms with Gasteiger partial charge in [-0.1, -0.05) is 139 Å². The maximum atomic E-state index is 3.73. The third-order valence-electron chi connectivity index (χ3n) is 12.4. The zero-order chi connectivity index (χ0) is 44.0. The third kappa shape index (κ3) is 8.16. The molecule has 0 atom stereocenters. The van der Waals surface area contributed by atoms with E-state index in [0.717, 1.165) is 0 Å². The van der Waals surface area contributed by atoms with Crippen LogP contribution in [0.25, 0.3) is 55.0 Å². The Labute approximate surface area is 376 Å². The standard InChI is InChI=1S/2C28H32BrN/c2*1-17-13-21(14-18(2)26(17)29)30-24-11-9-19(27(3,4)5)15-22(24)23-16-20(28(6,7)8)10-12-25(23)30/h2*9-16H,1-8H3. The summed E-state index contributed by atoms with van der Waals surface area (Å²) < 4.78 is 7.24. The predicted molar refractivity (Wildman–Crippen MR) is 271 cm³/mol. The molecule has 0 N–H and O–H groups in total. The van der Waals surface area contributed by atoms with E-state index in [0.29, 0.717) is 0 Å². The summed E-state index contributed by atoms with van der Waals surface area (Å²) in [6, 6.07) is 37.1. The van der Waals surface area contributed by atoms with Gasteiger partial charge >= 0.3 is 0 Å². The Morgan fingerprint density at radius 2 is 0.517 bits per heavy atom. The highest BCUT2D eigenvalue weighted by Gasteiger charge is 2.23. The smallest absolute Gasteiger partial charge is 0.0541 e. The fourth-order valence-corrected chi connectivity index (χ4v) is 9.03. The molecule has 2 heterocycles. The number of halogens is 2. The van der Waals surface area contributed by atoms with Gasteiger partial charge in [-0.15, -0.1) is 0 Å².